The fraction of sp³-hybridized carbons (Fsp3) is 0.500. The van der Waals surface area contributed by atoms with E-state index in [-0.39, 0.29) is 11.8 Å². The molecule has 1 aromatic carbocycles. The summed E-state index contributed by atoms with van der Waals surface area (Å²) in [5, 5.41) is 5.64. The normalized spacial score (nSPS) is 15.5. The van der Waals surface area contributed by atoms with Gasteiger partial charge in [0, 0.05) is 82.2 Å². The fourth-order valence-corrected chi connectivity index (χ4v) is 7.52. The van der Waals surface area contributed by atoms with Crippen molar-refractivity contribution in [3.05, 3.63) is 74.7 Å². The van der Waals surface area contributed by atoms with E-state index in [0.717, 1.165) is 94.9 Å². The number of nitrogens with two attached hydrogens (primary N) is 1. The molecule has 2 saturated heterocycles. The van der Waals surface area contributed by atoms with E-state index in [1.54, 1.807) is 31.9 Å². The highest BCUT2D eigenvalue weighted by atomic mass is 35.5. The average Bonchev–Trinajstić information content (AvgIpc) is 3.11. The zero-order chi connectivity index (χ0) is 35.2. The number of piperidine rings is 2. The Morgan fingerprint density at radius 2 is 1.18 bits per heavy atom. The number of ketones is 2. The number of carbonyl (C=O) groups is 2. The highest BCUT2D eigenvalue weighted by molar-refractivity contribution is 6.39. The van der Waals surface area contributed by atoms with Crippen LogP contribution in [0.5, 0.6) is 5.75 Å². The van der Waals surface area contributed by atoms with E-state index in [2.05, 4.69) is 25.1 Å². The van der Waals surface area contributed by atoms with Crippen molar-refractivity contribution < 1.29 is 14.3 Å². The van der Waals surface area contributed by atoms with Gasteiger partial charge in [0.15, 0.2) is 0 Å². The molecule has 0 atom stereocenters. The summed E-state index contributed by atoms with van der Waals surface area (Å²) >= 11 is 24.8. The van der Waals surface area contributed by atoms with E-state index in [1.807, 2.05) is 24.3 Å². The van der Waals surface area contributed by atoms with Gasteiger partial charge in [-0.3, -0.25) is 19.6 Å². The van der Waals surface area contributed by atoms with Gasteiger partial charge in [0.25, 0.3) is 0 Å². The minimum atomic E-state index is 0.132. The van der Waals surface area contributed by atoms with E-state index in [4.69, 9.17) is 56.9 Å². The molecule has 5 rings (SSSR count). The number of nitrogens with zero attached hydrogens (tertiary/aromatic N) is 4. The predicted molar refractivity (Wildman–Crippen MR) is 201 cm³/mol. The monoisotopic (exact) mass is 750 g/mol. The Kier molecular flexibility index (Phi) is 16.2. The van der Waals surface area contributed by atoms with Crippen molar-refractivity contribution >= 4 is 69.3 Å². The summed E-state index contributed by atoms with van der Waals surface area (Å²) in [5.41, 5.74) is 8.31. The van der Waals surface area contributed by atoms with Crippen LogP contribution < -0.4 is 25.6 Å². The van der Waals surface area contributed by atoms with E-state index < -0.39 is 0 Å². The molecule has 0 spiro atoms. The van der Waals surface area contributed by atoms with Gasteiger partial charge in [-0.1, -0.05) is 58.5 Å². The van der Waals surface area contributed by atoms with Gasteiger partial charge in [0.2, 0.25) is 0 Å². The van der Waals surface area contributed by atoms with Crippen molar-refractivity contribution in [3.63, 3.8) is 0 Å². The van der Waals surface area contributed by atoms with Gasteiger partial charge in [-0.05, 0) is 69.3 Å². The second-order valence-electron chi connectivity index (χ2n) is 12.4. The second kappa shape index (κ2) is 20.3. The Morgan fingerprint density at radius 1 is 0.755 bits per heavy atom. The molecule has 3 N–H and O–H groups in total. The number of nitrogens with one attached hydrogen (secondary N) is 1. The SMILES string of the molecule is COc1ccc(CNCCCC(=O)C2CCN(c3c(Cl)cncc3Cl)CC2)cc1.NCCCC(=O)C1CCN(c2c(Cl)cncc2Cl)CC1. The number of methoxy groups -OCH3 is 1. The number of Topliss-reactive ketones (excluding diaryl/α,β-unsaturated/α-hetero) is 2. The molecule has 13 heteroatoms. The molecule has 2 fully saturated rings. The highest BCUT2D eigenvalue weighted by Gasteiger charge is 2.28. The summed E-state index contributed by atoms with van der Waals surface area (Å²) in [6, 6.07) is 8.01. The number of ether oxygens (including phenoxy) is 1. The number of carbonyl (C=O) groups excluding carboxylic acids is 2. The number of aromatic nitrogens is 2. The van der Waals surface area contributed by atoms with Crippen LogP contribution >= 0.6 is 46.4 Å². The first-order valence-electron chi connectivity index (χ1n) is 16.9. The van der Waals surface area contributed by atoms with Crippen LogP contribution in [-0.4, -0.2) is 67.9 Å². The van der Waals surface area contributed by atoms with Crippen LogP contribution in [0.4, 0.5) is 11.4 Å². The van der Waals surface area contributed by atoms with E-state index in [0.29, 0.717) is 51.0 Å². The van der Waals surface area contributed by atoms with Gasteiger partial charge >= 0.3 is 0 Å². The zero-order valence-corrected chi connectivity index (χ0v) is 31.0. The lowest BCUT2D eigenvalue weighted by molar-refractivity contribution is -0.124. The molecular weight excluding hydrogens is 706 g/mol. The van der Waals surface area contributed by atoms with Crippen LogP contribution in [-0.2, 0) is 16.1 Å². The summed E-state index contributed by atoms with van der Waals surface area (Å²) in [6.45, 7) is 5.37. The Morgan fingerprint density at radius 3 is 1.59 bits per heavy atom. The van der Waals surface area contributed by atoms with Gasteiger partial charge in [-0.25, -0.2) is 0 Å². The van der Waals surface area contributed by atoms with Crippen molar-refractivity contribution in [1.82, 2.24) is 15.3 Å². The van der Waals surface area contributed by atoms with Crippen LogP contribution in [0.2, 0.25) is 20.1 Å². The van der Waals surface area contributed by atoms with Gasteiger partial charge in [0.05, 0.1) is 38.6 Å². The number of hydrogen-bond acceptors (Lipinski definition) is 9. The lowest BCUT2D eigenvalue weighted by Gasteiger charge is -2.33. The van der Waals surface area contributed by atoms with Crippen molar-refractivity contribution in [3.8, 4) is 5.75 Å². The average molecular weight is 753 g/mol. The molecule has 0 saturated carbocycles. The standard InChI is InChI=1S/C22H27Cl2N3O2.C14H19Cl2N3O/c1-29-18-6-4-16(5-7-18)13-25-10-2-3-21(28)17-8-11-27(12-9-17)22-19(23)14-26-15-20(22)24;15-11-8-18-9-12(16)14(11)19-6-3-10(4-7-19)13(20)2-1-5-17/h4-7,14-15,17,25H,2-3,8-13H2,1H3;8-10H,1-7,17H2. The van der Waals surface area contributed by atoms with E-state index >= 15 is 0 Å². The van der Waals surface area contributed by atoms with Gasteiger partial charge < -0.3 is 25.6 Å². The highest BCUT2D eigenvalue weighted by Crippen LogP contribution is 2.36. The predicted octanol–water partition coefficient (Wildman–Crippen LogP) is 7.67. The molecule has 2 aliphatic heterocycles. The molecule has 0 unspecified atom stereocenters. The zero-order valence-electron chi connectivity index (χ0n) is 28.0. The molecule has 9 nitrogen and oxygen atoms in total. The first-order valence-corrected chi connectivity index (χ1v) is 18.4. The summed E-state index contributed by atoms with van der Waals surface area (Å²) in [6.07, 6.45) is 12.6. The third kappa shape index (κ3) is 11.7. The smallest absolute Gasteiger partial charge is 0.136 e. The molecule has 0 bridgehead atoms. The number of pyridine rings is 2. The largest absolute Gasteiger partial charge is 0.497 e. The molecule has 266 valence electrons. The molecule has 0 aliphatic carbocycles. The third-order valence-electron chi connectivity index (χ3n) is 9.08. The summed E-state index contributed by atoms with van der Waals surface area (Å²) in [4.78, 5) is 36.8. The summed E-state index contributed by atoms with van der Waals surface area (Å²) in [5.74, 6) is 1.84. The van der Waals surface area contributed by atoms with Crippen LogP contribution in [0.15, 0.2) is 49.1 Å². The molecule has 0 amide bonds. The first-order chi connectivity index (χ1) is 23.7. The minimum Gasteiger partial charge on any atom is -0.497 e. The van der Waals surface area contributed by atoms with Crippen molar-refractivity contribution in [1.29, 1.82) is 0 Å². The topological polar surface area (TPSA) is 114 Å². The Labute approximate surface area is 309 Å². The Hall–Kier alpha value is -2.66. The Bertz CT molecular complexity index is 1460. The molecular formula is C36H46Cl4N6O3. The van der Waals surface area contributed by atoms with Crippen LogP contribution in [0.25, 0.3) is 0 Å². The second-order valence-corrected chi connectivity index (χ2v) is 14.0. The Balaban J connectivity index is 0.000000237. The van der Waals surface area contributed by atoms with Crippen LogP contribution in [0.1, 0.15) is 56.9 Å². The summed E-state index contributed by atoms with van der Waals surface area (Å²) in [7, 11) is 1.66. The molecule has 49 heavy (non-hydrogen) atoms. The molecule has 4 heterocycles. The number of anilines is 2. The minimum absolute atomic E-state index is 0.132. The number of halogens is 4. The summed E-state index contributed by atoms with van der Waals surface area (Å²) < 4.78 is 5.16. The van der Waals surface area contributed by atoms with Crippen molar-refractivity contribution in [2.75, 3.05) is 56.2 Å². The van der Waals surface area contributed by atoms with Crippen LogP contribution in [0.3, 0.4) is 0 Å². The van der Waals surface area contributed by atoms with E-state index in [1.165, 1.54) is 5.56 Å². The molecule has 2 aliphatic rings. The third-order valence-corrected chi connectivity index (χ3v) is 10.2. The molecule has 2 aromatic heterocycles. The number of rotatable bonds is 14. The lowest BCUT2D eigenvalue weighted by Crippen LogP contribution is -2.36. The maximum absolute atomic E-state index is 12.6. The van der Waals surface area contributed by atoms with Crippen LogP contribution in [0, 0.1) is 11.8 Å². The van der Waals surface area contributed by atoms with Crippen molar-refractivity contribution in [2.24, 2.45) is 17.6 Å². The number of hydrogen-bond donors (Lipinski definition) is 2. The number of benzene rings is 1. The van der Waals surface area contributed by atoms with Gasteiger partial charge in [-0.15, -0.1) is 0 Å². The molecule has 0 radical (unpaired) electrons. The van der Waals surface area contributed by atoms with E-state index in [9.17, 15) is 9.59 Å². The lowest BCUT2D eigenvalue weighted by atomic mass is 9.90. The van der Waals surface area contributed by atoms with Gasteiger partial charge in [-0.2, -0.15) is 0 Å². The van der Waals surface area contributed by atoms with Crippen molar-refractivity contribution in [2.45, 2.75) is 57.9 Å². The first kappa shape index (κ1) is 39.1. The fourth-order valence-electron chi connectivity index (χ4n) is 6.31. The maximum Gasteiger partial charge on any atom is 0.136 e. The van der Waals surface area contributed by atoms with Gasteiger partial charge in [0.1, 0.15) is 17.3 Å². The quantitative estimate of drug-likeness (QED) is 0.160. The maximum atomic E-state index is 12.6. The molecule has 3 aromatic rings.